The number of carbonyl (C=O) groups excluding carboxylic acids is 1. The first kappa shape index (κ1) is 22.5. The molecule has 2 aliphatic rings. The number of hydrogen-bond acceptors (Lipinski definition) is 6. The Hall–Kier alpha value is -2.72. The van der Waals surface area contributed by atoms with Gasteiger partial charge in [0.2, 0.25) is 5.91 Å². The Balaban J connectivity index is 1.17. The molecule has 4 rings (SSSR count). The number of rotatable bonds is 8. The highest BCUT2D eigenvalue weighted by Gasteiger charge is 2.28. The smallest absolute Gasteiger partial charge is 0.346 e. The van der Waals surface area contributed by atoms with Gasteiger partial charge in [0.25, 0.3) is 0 Å². The number of halogens is 1. The lowest BCUT2D eigenvalue weighted by Crippen LogP contribution is -2.47. The first-order valence-corrected chi connectivity index (χ1v) is 11.3. The van der Waals surface area contributed by atoms with E-state index in [1.54, 1.807) is 10.6 Å². The molecule has 1 aromatic heterocycles. The summed E-state index contributed by atoms with van der Waals surface area (Å²) in [5.41, 5.74) is 0.518. The molecule has 0 aliphatic carbocycles. The number of carbonyl (C=O) groups is 1. The minimum atomic E-state index is -0.490. The van der Waals surface area contributed by atoms with Crippen molar-refractivity contribution >= 4 is 11.6 Å². The predicted molar refractivity (Wildman–Crippen MR) is 118 cm³/mol. The molecular weight excluding hydrogens is 415 g/mol. The summed E-state index contributed by atoms with van der Waals surface area (Å²) in [5.74, 6) is 0.251. The summed E-state index contributed by atoms with van der Waals surface area (Å²) in [5, 5.41) is 7.27. The summed E-state index contributed by atoms with van der Waals surface area (Å²) in [7, 11) is 0. The number of fused-ring (bicyclic) bond motifs is 1. The van der Waals surface area contributed by atoms with Crippen molar-refractivity contribution in [3.05, 3.63) is 46.4 Å². The summed E-state index contributed by atoms with van der Waals surface area (Å²) in [6.07, 6.45) is 0.504. The van der Waals surface area contributed by atoms with E-state index in [2.05, 4.69) is 20.2 Å². The van der Waals surface area contributed by atoms with E-state index in [1.807, 2.05) is 19.1 Å². The molecule has 1 unspecified atom stereocenters. The fourth-order valence-electron chi connectivity index (χ4n) is 4.31. The standard InChI is InChI=1S/C22H31FN6O3/c1-2-29-22(31)28-14-15-32-19(21(28)25-29)16-20(30)24-8-5-9-26-10-12-27(13-11-26)18-7-4-3-6-17(18)23/h3-4,6-7,19H,2,5,8-16H2,1H3,(H,24,30). The topological polar surface area (TPSA) is 84.6 Å². The number of para-hydroxylation sites is 1. The second-order valence-corrected chi connectivity index (χ2v) is 8.16. The first-order chi connectivity index (χ1) is 15.6. The van der Waals surface area contributed by atoms with Gasteiger partial charge in [-0.3, -0.25) is 14.3 Å². The van der Waals surface area contributed by atoms with Crippen LogP contribution in [-0.2, 0) is 22.6 Å². The zero-order valence-electron chi connectivity index (χ0n) is 18.5. The molecule has 0 spiro atoms. The molecular formula is C22H31FN6O3. The maximum absolute atomic E-state index is 14.0. The number of piperazine rings is 1. The molecule has 32 heavy (non-hydrogen) atoms. The van der Waals surface area contributed by atoms with Crippen molar-refractivity contribution in [1.82, 2.24) is 24.6 Å². The van der Waals surface area contributed by atoms with Crippen LogP contribution < -0.4 is 15.9 Å². The Morgan fingerprint density at radius 1 is 1.22 bits per heavy atom. The number of anilines is 1. The summed E-state index contributed by atoms with van der Waals surface area (Å²) in [4.78, 5) is 29.0. The molecule has 1 N–H and O–H groups in total. The molecule has 0 radical (unpaired) electrons. The van der Waals surface area contributed by atoms with Gasteiger partial charge in [0.15, 0.2) is 5.82 Å². The summed E-state index contributed by atoms with van der Waals surface area (Å²) in [6, 6.07) is 6.89. The summed E-state index contributed by atoms with van der Waals surface area (Å²) >= 11 is 0. The normalized spacial score (nSPS) is 19.1. The van der Waals surface area contributed by atoms with Crippen LogP contribution in [-0.4, -0.2) is 71.0 Å². The van der Waals surface area contributed by atoms with E-state index in [1.165, 1.54) is 10.7 Å². The number of ether oxygens (including phenoxy) is 1. The van der Waals surface area contributed by atoms with Crippen molar-refractivity contribution in [2.45, 2.75) is 39.0 Å². The quantitative estimate of drug-likeness (QED) is 0.609. The van der Waals surface area contributed by atoms with Gasteiger partial charge < -0.3 is 15.0 Å². The number of amides is 1. The van der Waals surface area contributed by atoms with Crippen LogP contribution in [0.1, 0.15) is 31.7 Å². The molecule has 1 amide bonds. The van der Waals surface area contributed by atoms with Gasteiger partial charge in [-0.1, -0.05) is 12.1 Å². The largest absolute Gasteiger partial charge is 0.368 e. The van der Waals surface area contributed by atoms with E-state index in [-0.39, 0.29) is 23.8 Å². The van der Waals surface area contributed by atoms with Crippen molar-refractivity contribution < 1.29 is 13.9 Å². The van der Waals surface area contributed by atoms with Crippen LogP contribution in [0.25, 0.3) is 0 Å². The second kappa shape index (κ2) is 10.3. The lowest BCUT2D eigenvalue weighted by molar-refractivity contribution is -0.125. The molecule has 0 saturated carbocycles. The van der Waals surface area contributed by atoms with Gasteiger partial charge >= 0.3 is 5.69 Å². The maximum Gasteiger partial charge on any atom is 0.346 e. The SMILES string of the molecule is CCn1nc2n(c1=O)CCOC2CC(=O)NCCCN1CCN(c2ccccc2F)CC1. The van der Waals surface area contributed by atoms with Crippen LogP contribution in [0.15, 0.2) is 29.1 Å². The number of hydrogen-bond donors (Lipinski definition) is 1. The number of benzene rings is 1. The van der Waals surface area contributed by atoms with E-state index in [0.717, 1.165) is 39.1 Å². The lowest BCUT2D eigenvalue weighted by atomic mass is 10.2. The van der Waals surface area contributed by atoms with Gasteiger partial charge in [-0.2, -0.15) is 5.10 Å². The molecule has 1 aromatic carbocycles. The zero-order valence-corrected chi connectivity index (χ0v) is 18.5. The predicted octanol–water partition coefficient (Wildman–Crippen LogP) is 0.994. The summed E-state index contributed by atoms with van der Waals surface area (Å²) in [6.45, 7) is 8.01. The Morgan fingerprint density at radius 3 is 2.75 bits per heavy atom. The third kappa shape index (κ3) is 5.02. The molecule has 1 saturated heterocycles. The fraction of sp³-hybridized carbons (Fsp3) is 0.591. The maximum atomic E-state index is 14.0. The minimum Gasteiger partial charge on any atom is -0.368 e. The average molecular weight is 447 g/mol. The van der Waals surface area contributed by atoms with Crippen LogP contribution in [0.3, 0.4) is 0 Å². The number of nitrogens with zero attached hydrogens (tertiary/aromatic N) is 5. The van der Waals surface area contributed by atoms with E-state index >= 15 is 0 Å². The molecule has 2 aliphatic heterocycles. The van der Waals surface area contributed by atoms with Gasteiger partial charge in [0.1, 0.15) is 11.9 Å². The third-order valence-electron chi connectivity index (χ3n) is 6.08. The molecule has 1 fully saturated rings. The fourth-order valence-corrected chi connectivity index (χ4v) is 4.31. The van der Waals surface area contributed by atoms with Gasteiger partial charge in [-0.15, -0.1) is 0 Å². The minimum absolute atomic E-state index is 0.105. The number of nitrogens with one attached hydrogen (secondary N) is 1. The van der Waals surface area contributed by atoms with Crippen LogP contribution in [0.4, 0.5) is 10.1 Å². The van der Waals surface area contributed by atoms with E-state index in [4.69, 9.17) is 4.74 Å². The monoisotopic (exact) mass is 446 g/mol. The molecule has 0 bridgehead atoms. The van der Waals surface area contributed by atoms with Gasteiger partial charge in [0, 0.05) is 39.3 Å². The van der Waals surface area contributed by atoms with Gasteiger partial charge in [0.05, 0.1) is 25.3 Å². The third-order valence-corrected chi connectivity index (χ3v) is 6.08. The highest BCUT2D eigenvalue weighted by molar-refractivity contribution is 5.76. The average Bonchev–Trinajstić information content (AvgIpc) is 3.14. The van der Waals surface area contributed by atoms with Crippen LogP contribution in [0, 0.1) is 5.82 Å². The van der Waals surface area contributed by atoms with Crippen LogP contribution in [0.2, 0.25) is 0 Å². The lowest BCUT2D eigenvalue weighted by Gasteiger charge is -2.36. The zero-order chi connectivity index (χ0) is 22.5. The van der Waals surface area contributed by atoms with Crippen molar-refractivity contribution in [2.75, 3.05) is 50.8 Å². The Labute approximate surface area is 186 Å². The molecule has 10 heteroatoms. The van der Waals surface area contributed by atoms with Crippen molar-refractivity contribution in [1.29, 1.82) is 0 Å². The Kier molecular flexibility index (Phi) is 7.21. The van der Waals surface area contributed by atoms with Crippen molar-refractivity contribution in [3.63, 3.8) is 0 Å². The number of aromatic nitrogens is 3. The van der Waals surface area contributed by atoms with Crippen molar-refractivity contribution in [2.24, 2.45) is 0 Å². The molecule has 2 aromatic rings. The first-order valence-electron chi connectivity index (χ1n) is 11.3. The van der Waals surface area contributed by atoms with E-state index < -0.39 is 6.10 Å². The van der Waals surface area contributed by atoms with Gasteiger partial charge in [-0.25, -0.2) is 13.9 Å². The highest BCUT2D eigenvalue weighted by atomic mass is 19.1. The molecule has 1 atom stereocenters. The van der Waals surface area contributed by atoms with Crippen molar-refractivity contribution in [3.8, 4) is 0 Å². The highest BCUT2D eigenvalue weighted by Crippen LogP contribution is 2.22. The second-order valence-electron chi connectivity index (χ2n) is 8.16. The molecule has 174 valence electrons. The van der Waals surface area contributed by atoms with E-state index in [9.17, 15) is 14.0 Å². The molecule has 3 heterocycles. The van der Waals surface area contributed by atoms with Crippen LogP contribution in [0.5, 0.6) is 0 Å². The van der Waals surface area contributed by atoms with Gasteiger partial charge in [-0.05, 0) is 32.0 Å². The summed E-state index contributed by atoms with van der Waals surface area (Å²) < 4.78 is 22.7. The number of aryl methyl sites for hydroxylation is 1. The van der Waals surface area contributed by atoms with Crippen LogP contribution >= 0.6 is 0 Å². The molecule has 9 nitrogen and oxygen atoms in total. The Morgan fingerprint density at radius 2 is 2.00 bits per heavy atom. The Bertz CT molecular complexity index is 982. The van der Waals surface area contributed by atoms with E-state index in [0.29, 0.717) is 37.8 Å².